The first kappa shape index (κ1) is 9.90. The summed E-state index contributed by atoms with van der Waals surface area (Å²) in [6.07, 6.45) is 1.09. The molecule has 0 bridgehead atoms. The van der Waals surface area contributed by atoms with E-state index in [0.29, 0.717) is 6.04 Å². The molecule has 2 rings (SSSR count). The predicted molar refractivity (Wildman–Crippen MR) is 64.1 cm³/mol. The van der Waals surface area contributed by atoms with Crippen LogP contribution >= 0.6 is 22.7 Å². The minimum Gasteiger partial charge on any atom is -0.313 e. The highest BCUT2D eigenvalue weighted by Crippen LogP contribution is 2.22. The summed E-state index contributed by atoms with van der Waals surface area (Å²) in [6.45, 7) is 0. The molecule has 0 aliphatic carbocycles. The molecule has 0 amide bonds. The van der Waals surface area contributed by atoms with Crippen molar-refractivity contribution in [1.29, 1.82) is 0 Å². The van der Waals surface area contributed by atoms with Gasteiger partial charge in [-0.05, 0) is 40.9 Å². The molecule has 0 aromatic carbocycles. The summed E-state index contributed by atoms with van der Waals surface area (Å²) in [5.41, 5.74) is 1.39. The van der Waals surface area contributed by atoms with Gasteiger partial charge in [0.2, 0.25) is 0 Å². The van der Waals surface area contributed by atoms with Gasteiger partial charge in [0.1, 0.15) is 0 Å². The topological polar surface area (TPSA) is 12.0 Å². The molecular formula is C11H13NS2. The molecule has 0 radical (unpaired) electrons. The molecule has 0 fully saturated rings. The largest absolute Gasteiger partial charge is 0.313 e. The second kappa shape index (κ2) is 4.73. The Kier molecular flexibility index (Phi) is 3.35. The summed E-state index contributed by atoms with van der Waals surface area (Å²) in [5, 5.41) is 9.84. The van der Waals surface area contributed by atoms with Crippen LogP contribution in [-0.4, -0.2) is 7.05 Å². The fourth-order valence-electron chi connectivity index (χ4n) is 1.49. The van der Waals surface area contributed by atoms with Crippen LogP contribution in [0.3, 0.4) is 0 Å². The van der Waals surface area contributed by atoms with E-state index in [-0.39, 0.29) is 0 Å². The molecule has 0 aliphatic rings. The van der Waals surface area contributed by atoms with E-state index in [4.69, 9.17) is 0 Å². The molecule has 1 atom stereocenters. The van der Waals surface area contributed by atoms with Gasteiger partial charge in [-0.1, -0.05) is 6.07 Å². The van der Waals surface area contributed by atoms with Crippen molar-refractivity contribution < 1.29 is 0 Å². The highest BCUT2D eigenvalue weighted by Gasteiger charge is 2.10. The summed E-state index contributed by atoms with van der Waals surface area (Å²) in [4.78, 5) is 1.44. The van der Waals surface area contributed by atoms with E-state index in [1.165, 1.54) is 10.4 Å². The van der Waals surface area contributed by atoms with Gasteiger partial charge in [-0.15, -0.1) is 11.3 Å². The molecule has 1 nitrogen and oxygen atoms in total. The van der Waals surface area contributed by atoms with Crippen molar-refractivity contribution in [3.8, 4) is 0 Å². The zero-order valence-corrected chi connectivity index (χ0v) is 9.70. The quantitative estimate of drug-likeness (QED) is 0.838. The lowest BCUT2D eigenvalue weighted by Crippen LogP contribution is -2.17. The third kappa shape index (κ3) is 2.23. The lowest BCUT2D eigenvalue weighted by Gasteiger charge is -2.13. The van der Waals surface area contributed by atoms with Crippen molar-refractivity contribution in [2.24, 2.45) is 0 Å². The van der Waals surface area contributed by atoms with Gasteiger partial charge < -0.3 is 5.32 Å². The van der Waals surface area contributed by atoms with Crippen LogP contribution in [0.4, 0.5) is 0 Å². The van der Waals surface area contributed by atoms with Gasteiger partial charge in [-0.25, -0.2) is 0 Å². The van der Waals surface area contributed by atoms with Crippen LogP contribution in [-0.2, 0) is 6.42 Å². The zero-order valence-electron chi connectivity index (χ0n) is 8.07. The van der Waals surface area contributed by atoms with Gasteiger partial charge in [0.25, 0.3) is 0 Å². The van der Waals surface area contributed by atoms with E-state index in [0.717, 1.165) is 6.42 Å². The van der Waals surface area contributed by atoms with Gasteiger partial charge in [-0.3, -0.25) is 0 Å². The van der Waals surface area contributed by atoms with Crippen LogP contribution in [0, 0.1) is 0 Å². The minimum absolute atomic E-state index is 0.458. The first-order valence-corrected chi connectivity index (χ1v) is 6.44. The Morgan fingerprint density at radius 2 is 2.29 bits per heavy atom. The Labute approximate surface area is 92.4 Å². The minimum atomic E-state index is 0.458. The van der Waals surface area contributed by atoms with E-state index in [9.17, 15) is 0 Å². The maximum absolute atomic E-state index is 3.36. The number of rotatable bonds is 4. The van der Waals surface area contributed by atoms with E-state index in [1.807, 2.05) is 18.4 Å². The third-order valence-electron chi connectivity index (χ3n) is 2.28. The first-order chi connectivity index (χ1) is 6.90. The SMILES string of the molecule is CNC(Cc1cccs1)c1ccsc1. The number of likely N-dealkylation sites (N-methyl/N-ethyl adjacent to an activating group) is 1. The van der Waals surface area contributed by atoms with Crippen molar-refractivity contribution in [2.45, 2.75) is 12.5 Å². The van der Waals surface area contributed by atoms with Gasteiger partial charge in [0.05, 0.1) is 0 Å². The highest BCUT2D eigenvalue weighted by atomic mass is 32.1. The molecule has 2 aromatic rings. The van der Waals surface area contributed by atoms with Crippen LogP contribution in [0.5, 0.6) is 0 Å². The molecule has 1 unspecified atom stereocenters. The highest BCUT2D eigenvalue weighted by molar-refractivity contribution is 7.09. The second-order valence-electron chi connectivity index (χ2n) is 3.18. The first-order valence-electron chi connectivity index (χ1n) is 4.62. The smallest absolute Gasteiger partial charge is 0.0374 e. The van der Waals surface area contributed by atoms with Crippen molar-refractivity contribution in [3.05, 3.63) is 44.8 Å². The summed E-state index contributed by atoms with van der Waals surface area (Å²) < 4.78 is 0. The zero-order chi connectivity index (χ0) is 9.80. The average molecular weight is 223 g/mol. The third-order valence-corrected chi connectivity index (χ3v) is 3.88. The van der Waals surface area contributed by atoms with Crippen LogP contribution < -0.4 is 5.32 Å². The maximum atomic E-state index is 3.36. The fourth-order valence-corrected chi connectivity index (χ4v) is 2.96. The van der Waals surface area contributed by atoms with Crippen molar-refractivity contribution in [3.63, 3.8) is 0 Å². The predicted octanol–water partition coefficient (Wildman–Crippen LogP) is 3.31. The molecule has 0 aliphatic heterocycles. The molecule has 0 saturated carbocycles. The Balaban J connectivity index is 2.08. The fraction of sp³-hybridized carbons (Fsp3) is 0.273. The van der Waals surface area contributed by atoms with Crippen LogP contribution in [0.2, 0.25) is 0 Å². The normalized spacial score (nSPS) is 12.9. The number of hydrogen-bond donors (Lipinski definition) is 1. The van der Waals surface area contributed by atoms with Gasteiger partial charge in [0, 0.05) is 17.3 Å². The Hall–Kier alpha value is -0.640. The number of nitrogens with one attached hydrogen (secondary N) is 1. The molecule has 74 valence electrons. The van der Waals surface area contributed by atoms with E-state index in [2.05, 4.69) is 39.7 Å². The molecule has 2 heterocycles. The lowest BCUT2D eigenvalue weighted by molar-refractivity contribution is 0.598. The van der Waals surface area contributed by atoms with Crippen LogP contribution in [0.1, 0.15) is 16.5 Å². The standard InChI is InChI=1S/C11H13NS2/c1-12-11(9-4-6-13-8-9)7-10-3-2-5-14-10/h2-6,8,11-12H,7H2,1H3. The number of hydrogen-bond acceptors (Lipinski definition) is 3. The molecule has 0 spiro atoms. The molecule has 1 N–H and O–H groups in total. The van der Waals surface area contributed by atoms with E-state index in [1.54, 1.807) is 11.3 Å². The summed E-state index contributed by atoms with van der Waals surface area (Å²) >= 11 is 3.59. The Morgan fingerprint density at radius 3 is 2.86 bits per heavy atom. The van der Waals surface area contributed by atoms with E-state index >= 15 is 0 Å². The Morgan fingerprint density at radius 1 is 1.36 bits per heavy atom. The van der Waals surface area contributed by atoms with Crippen molar-refractivity contribution in [2.75, 3.05) is 7.05 Å². The molecule has 2 aromatic heterocycles. The van der Waals surface area contributed by atoms with Crippen molar-refractivity contribution >= 4 is 22.7 Å². The average Bonchev–Trinajstić information content (AvgIpc) is 2.86. The van der Waals surface area contributed by atoms with Crippen molar-refractivity contribution in [1.82, 2.24) is 5.32 Å². The monoisotopic (exact) mass is 223 g/mol. The molecule has 14 heavy (non-hydrogen) atoms. The molecular weight excluding hydrogens is 210 g/mol. The summed E-state index contributed by atoms with van der Waals surface area (Å²) in [6, 6.07) is 6.96. The second-order valence-corrected chi connectivity index (χ2v) is 4.99. The summed E-state index contributed by atoms with van der Waals surface area (Å²) in [5.74, 6) is 0. The maximum Gasteiger partial charge on any atom is 0.0374 e. The summed E-state index contributed by atoms with van der Waals surface area (Å²) in [7, 11) is 2.02. The van der Waals surface area contributed by atoms with Crippen LogP contribution in [0.15, 0.2) is 34.3 Å². The van der Waals surface area contributed by atoms with Gasteiger partial charge in [0.15, 0.2) is 0 Å². The Bertz CT molecular complexity index is 351. The lowest BCUT2D eigenvalue weighted by atomic mass is 10.1. The molecule has 3 heteroatoms. The molecule has 0 saturated heterocycles. The van der Waals surface area contributed by atoms with Gasteiger partial charge >= 0.3 is 0 Å². The van der Waals surface area contributed by atoms with Crippen LogP contribution in [0.25, 0.3) is 0 Å². The van der Waals surface area contributed by atoms with E-state index < -0.39 is 0 Å². The van der Waals surface area contributed by atoms with Gasteiger partial charge in [-0.2, -0.15) is 11.3 Å². The number of thiophene rings is 2.